The quantitative estimate of drug-likeness (QED) is 0.0512. The average Bonchev–Trinajstić information content (AvgIpc) is 3.41. The molecular weight excluding hydrogens is 1250 g/mol. The third kappa shape index (κ3) is 9.40. The molecule has 70 heavy (non-hydrogen) atoms. The van der Waals surface area contributed by atoms with Crippen molar-refractivity contribution in [2.24, 2.45) is 0 Å². The van der Waals surface area contributed by atoms with E-state index < -0.39 is 15.8 Å². The van der Waals surface area contributed by atoms with Gasteiger partial charge in [-0.25, -0.2) is 0 Å². The van der Waals surface area contributed by atoms with E-state index in [-0.39, 0.29) is 44.8 Å². The molecule has 13 aromatic carbocycles. The fraction of sp³-hybridized carbons (Fsp3) is 0. The van der Waals surface area contributed by atoms with Gasteiger partial charge >= 0.3 is 44.8 Å². The van der Waals surface area contributed by atoms with Gasteiger partial charge in [0.15, 0.2) is 0 Å². The van der Waals surface area contributed by atoms with Gasteiger partial charge < -0.3 is 12.8 Å². The molecule has 4 heteroatoms. The molecule has 0 nitrogen and oxygen atoms in total. The van der Waals surface area contributed by atoms with E-state index in [2.05, 4.69) is 254 Å². The van der Waals surface area contributed by atoms with Gasteiger partial charge in [-0.2, -0.15) is 0 Å². The minimum atomic E-state index is -1.14. The summed E-state index contributed by atoms with van der Waals surface area (Å²) in [6.45, 7) is 0. The molecule has 0 N–H and O–H groups in total. The zero-order chi connectivity index (χ0) is 45.8. The molecule has 0 saturated heterocycles. The van der Waals surface area contributed by atoms with E-state index >= 15 is 0 Å². The SMILES string of the molecule is [Au+].[Au+].[C-]#Cc1ccc2ccc3cccc4ccc1c2c34.[C-]#Cc1ccc2ccc3cccc4ccc1c2c34.c1ccc([PH+](c2ccccc2)c2ccccc2[PH+](c2ccccc2)c2ccccc2)cc1. The standard InChI is InChI=1S/C30H24P2.2C18H9.2Au/c1-5-15-25(16-6-1)31(26-17-7-2-8-18-26)29-23-13-14-24-30(29)32(27-19-9-3-10-20-27)28-21-11-4-12-22-28;2*1-2-12-6-7-15-9-8-13-4-3-5-14-10-11-16(12)18(15)17(13)14;;/h1-24H;2*3-11H;;/q;2*-1;2*+1/p+2. The van der Waals surface area contributed by atoms with E-state index in [4.69, 9.17) is 12.8 Å². The van der Waals surface area contributed by atoms with Gasteiger partial charge in [-0.3, -0.25) is 11.8 Å². The first kappa shape index (κ1) is 48.4. The van der Waals surface area contributed by atoms with E-state index in [0.29, 0.717) is 0 Å². The van der Waals surface area contributed by atoms with Crippen LogP contribution in [0, 0.1) is 24.7 Å². The maximum absolute atomic E-state index is 7.41. The van der Waals surface area contributed by atoms with Crippen molar-refractivity contribution in [1.82, 2.24) is 0 Å². The van der Waals surface area contributed by atoms with E-state index in [1.807, 2.05) is 12.1 Å². The van der Waals surface area contributed by atoms with Crippen LogP contribution in [0.1, 0.15) is 11.1 Å². The predicted molar refractivity (Wildman–Crippen MR) is 299 cm³/mol. The Morgan fingerprint density at radius 1 is 0.243 bits per heavy atom. The molecule has 0 spiro atoms. The largest absolute Gasteiger partial charge is 1.00 e. The molecule has 0 unspecified atom stereocenters. The Kier molecular flexibility index (Phi) is 15.2. The van der Waals surface area contributed by atoms with Gasteiger partial charge in [0.05, 0.1) is 0 Å². The summed E-state index contributed by atoms with van der Waals surface area (Å²) in [4.78, 5) is 0. The van der Waals surface area contributed by atoms with Crippen LogP contribution in [0.25, 0.3) is 64.6 Å². The molecule has 0 aromatic heterocycles. The zero-order valence-electron chi connectivity index (χ0n) is 37.9. The molecule has 0 saturated carbocycles. The summed E-state index contributed by atoms with van der Waals surface area (Å²) in [5.41, 5.74) is 1.72. The Bertz CT molecular complexity index is 3570. The molecule has 0 heterocycles. The minimum absolute atomic E-state index is 0. The topological polar surface area (TPSA) is 0 Å². The average molecular weight is 1290 g/mol. The van der Waals surface area contributed by atoms with Gasteiger partial charge in [0, 0.05) is 0 Å². The molecule has 0 fully saturated rings. The summed E-state index contributed by atoms with van der Waals surface area (Å²) in [6, 6.07) is 91.3. The molecule has 13 aromatic rings. The molecule has 338 valence electrons. The van der Waals surface area contributed by atoms with Crippen molar-refractivity contribution >= 4 is 112 Å². The minimum Gasteiger partial charge on any atom is -0.366 e. The Morgan fingerprint density at radius 3 is 0.800 bits per heavy atom. The Balaban J connectivity index is 0.000000137. The molecule has 0 aliphatic carbocycles. The smallest absolute Gasteiger partial charge is 0.366 e. The van der Waals surface area contributed by atoms with Crippen molar-refractivity contribution in [3.63, 3.8) is 0 Å². The van der Waals surface area contributed by atoms with Crippen LogP contribution in [0.15, 0.2) is 255 Å². The monoisotopic (exact) mass is 1290 g/mol. The Hall–Kier alpha value is -6.60. The summed E-state index contributed by atoms with van der Waals surface area (Å²) < 4.78 is 0. The van der Waals surface area contributed by atoms with Gasteiger partial charge in [-0.1, -0.05) is 193 Å². The van der Waals surface area contributed by atoms with Crippen molar-refractivity contribution in [1.29, 1.82) is 0 Å². The maximum atomic E-state index is 7.41. The number of rotatable bonds is 6. The van der Waals surface area contributed by atoms with Crippen LogP contribution < -0.4 is 31.8 Å². The van der Waals surface area contributed by atoms with Crippen LogP contribution in [0.5, 0.6) is 0 Å². The molecule has 0 bridgehead atoms. The number of hydrogen-bond acceptors (Lipinski definition) is 0. The van der Waals surface area contributed by atoms with Crippen LogP contribution in [-0.2, 0) is 44.8 Å². The molecule has 13 rings (SSSR count). The molecule has 0 amide bonds. The van der Waals surface area contributed by atoms with Gasteiger partial charge in [0.2, 0.25) is 0 Å². The van der Waals surface area contributed by atoms with Crippen molar-refractivity contribution in [3.05, 3.63) is 279 Å². The summed E-state index contributed by atoms with van der Waals surface area (Å²) in [5, 5.41) is 23.5. The molecule has 0 radical (unpaired) electrons. The van der Waals surface area contributed by atoms with Crippen molar-refractivity contribution in [2.45, 2.75) is 0 Å². The Labute approximate surface area is 444 Å². The fourth-order valence-corrected chi connectivity index (χ4v) is 16.0. The van der Waals surface area contributed by atoms with Crippen molar-refractivity contribution in [3.8, 4) is 11.8 Å². The van der Waals surface area contributed by atoms with Gasteiger partial charge in [-0.15, -0.1) is 23.3 Å². The van der Waals surface area contributed by atoms with E-state index in [1.54, 1.807) is 0 Å². The van der Waals surface area contributed by atoms with Crippen LogP contribution in [0.4, 0.5) is 0 Å². The van der Waals surface area contributed by atoms with Crippen LogP contribution in [0.2, 0.25) is 0 Å². The first-order chi connectivity index (χ1) is 33.7. The Morgan fingerprint density at radius 2 is 0.500 bits per heavy atom. The summed E-state index contributed by atoms with van der Waals surface area (Å²) in [6.07, 6.45) is 14.8. The maximum Gasteiger partial charge on any atom is 1.00 e. The third-order valence-corrected chi connectivity index (χ3v) is 18.9. The second-order valence-corrected chi connectivity index (χ2v) is 21.8. The zero-order valence-corrected chi connectivity index (χ0v) is 44.2. The molecular formula is C66H44Au2P2+2. The van der Waals surface area contributed by atoms with E-state index in [1.165, 1.54) is 85.7 Å². The summed E-state index contributed by atoms with van der Waals surface area (Å²) in [5.74, 6) is 5.06. The fourth-order valence-electron chi connectivity index (χ4n) is 9.98. The second kappa shape index (κ2) is 22.0. The van der Waals surface area contributed by atoms with Crippen LogP contribution in [-0.4, -0.2) is 0 Å². The van der Waals surface area contributed by atoms with Crippen molar-refractivity contribution in [2.75, 3.05) is 0 Å². The molecule has 0 atom stereocenters. The van der Waals surface area contributed by atoms with Gasteiger partial charge in [-0.05, 0) is 115 Å². The number of hydrogen-bond donors (Lipinski definition) is 0. The van der Waals surface area contributed by atoms with E-state index in [9.17, 15) is 0 Å². The first-order valence-electron chi connectivity index (χ1n) is 22.9. The predicted octanol–water partition coefficient (Wildman–Crippen LogP) is 13.7. The molecule has 0 aliphatic rings. The molecule has 0 aliphatic heterocycles. The van der Waals surface area contributed by atoms with Crippen LogP contribution >= 0.6 is 15.8 Å². The van der Waals surface area contributed by atoms with Crippen molar-refractivity contribution < 1.29 is 44.8 Å². The van der Waals surface area contributed by atoms with Gasteiger partial charge in [0.1, 0.15) is 47.7 Å². The summed E-state index contributed by atoms with van der Waals surface area (Å²) in [7, 11) is -2.28. The normalized spacial score (nSPS) is 10.9. The second-order valence-electron chi connectivity index (χ2n) is 16.9. The number of benzene rings is 13. The first-order valence-corrected chi connectivity index (χ1v) is 25.9. The van der Waals surface area contributed by atoms with Gasteiger partial charge in [0.25, 0.3) is 0 Å². The third-order valence-electron chi connectivity index (χ3n) is 13.0. The summed E-state index contributed by atoms with van der Waals surface area (Å²) >= 11 is 0. The van der Waals surface area contributed by atoms with Crippen LogP contribution in [0.3, 0.4) is 0 Å². The van der Waals surface area contributed by atoms with E-state index in [0.717, 1.165) is 21.9 Å².